The quantitative estimate of drug-likeness (QED) is 0.821. The van der Waals surface area contributed by atoms with Crippen molar-refractivity contribution >= 4 is 17.2 Å². The van der Waals surface area contributed by atoms with Crippen LogP contribution in [0, 0.1) is 0 Å². The highest BCUT2D eigenvalue weighted by Crippen LogP contribution is 2.26. The van der Waals surface area contributed by atoms with Crippen molar-refractivity contribution in [2.24, 2.45) is 0 Å². The van der Waals surface area contributed by atoms with E-state index in [1.165, 1.54) is 12.8 Å². The van der Waals surface area contributed by atoms with Gasteiger partial charge in [-0.3, -0.25) is 9.69 Å². The van der Waals surface area contributed by atoms with Gasteiger partial charge >= 0.3 is 0 Å². The second kappa shape index (κ2) is 7.66. The first kappa shape index (κ1) is 16.7. The molecule has 134 valence electrons. The molecule has 2 aromatic heterocycles. The Morgan fingerprint density at radius 2 is 2.08 bits per heavy atom. The molecule has 0 saturated carbocycles. The first-order chi connectivity index (χ1) is 12.3. The lowest BCUT2D eigenvalue weighted by atomic mass is 9.97. The van der Waals surface area contributed by atoms with Gasteiger partial charge in [-0.1, -0.05) is 0 Å². The summed E-state index contributed by atoms with van der Waals surface area (Å²) in [5, 5.41) is 2.08. The number of rotatable bonds is 5. The number of hydrogen-bond donors (Lipinski definition) is 0. The normalized spacial score (nSPS) is 21.8. The van der Waals surface area contributed by atoms with Crippen molar-refractivity contribution in [3.05, 3.63) is 34.8 Å². The van der Waals surface area contributed by atoms with Crippen molar-refractivity contribution in [2.75, 3.05) is 32.7 Å². The van der Waals surface area contributed by atoms with Crippen LogP contribution in [0.25, 0.3) is 0 Å². The molecule has 1 amide bonds. The van der Waals surface area contributed by atoms with Crippen LogP contribution in [0.5, 0.6) is 0 Å². The SMILES string of the molecule is O=C(CN1CCCC1)N1CCC[C@@H](c2nccn2Cc2cscn2)C1. The predicted octanol–water partition coefficient (Wildman–Crippen LogP) is 2.19. The Bertz CT molecular complexity index is 692. The number of thiazole rings is 1. The van der Waals surface area contributed by atoms with Gasteiger partial charge in [0, 0.05) is 36.8 Å². The highest BCUT2D eigenvalue weighted by Gasteiger charge is 2.28. The number of carbonyl (C=O) groups is 1. The standard InChI is InChI=1S/C18H25N5OS/c24-17(12-21-6-1-2-7-21)22-8-3-4-15(10-22)18-19-5-9-23(18)11-16-13-25-14-20-16/h5,9,13-15H,1-4,6-8,10-12H2/t15-/m1/s1. The van der Waals surface area contributed by atoms with E-state index < -0.39 is 0 Å². The predicted molar refractivity (Wildman–Crippen MR) is 97.7 cm³/mol. The molecule has 0 N–H and O–H groups in total. The molecule has 2 aliphatic heterocycles. The van der Waals surface area contributed by atoms with E-state index >= 15 is 0 Å². The fraction of sp³-hybridized carbons (Fsp3) is 0.611. The van der Waals surface area contributed by atoms with Gasteiger partial charge in [0.25, 0.3) is 0 Å². The fourth-order valence-electron chi connectivity index (χ4n) is 3.95. The van der Waals surface area contributed by atoms with Gasteiger partial charge in [-0.2, -0.15) is 0 Å². The summed E-state index contributed by atoms with van der Waals surface area (Å²) in [6.07, 6.45) is 8.50. The summed E-state index contributed by atoms with van der Waals surface area (Å²) < 4.78 is 2.19. The van der Waals surface area contributed by atoms with Crippen LogP contribution in [0.1, 0.15) is 43.1 Å². The van der Waals surface area contributed by atoms with Gasteiger partial charge < -0.3 is 9.47 Å². The smallest absolute Gasteiger partial charge is 0.236 e. The highest BCUT2D eigenvalue weighted by molar-refractivity contribution is 7.07. The monoisotopic (exact) mass is 359 g/mol. The molecule has 2 aliphatic rings. The Balaban J connectivity index is 1.41. The van der Waals surface area contributed by atoms with E-state index in [4.69, 9.17) is 0 Å². The van der Waals surface area contributed by atoms with E-state index in [-0.39, 0.29) is 5.91 Å². The Kier molecular flexibility index (Phi) is 5.12. The molecule has 6 nitrogen and oxygen atoms in total. The topological polar surface area (TPSA) is 54.3 Å². The van der Waals surface area contributed by atoms with Crippen molar-refractivity contribution in [1.82, 2.24) is 24.3 Å². The maximum atomic E-state index is 12.7. The molecule has 1 atom stereocenters. The largest absolute Gasteiger partial charge is 0.341 e. The van der Waals surface area contributed by atoms with Gasteiger partial charge in [-0.05, 0) is 38.8 Å². The average Bonchev–Trinajstić information content (AvgIpc) is 3.38. The zero-order chi connectivity index (χ0) is 17.1. The Labute approximate surface area is 152 Å². The molecule has 2 fully saturated rings. The van der Waals surface area contributed by atoms with Crippen LogP contribution in [0.4, 0.5) is 0 Å². The van der Waals surface area contributed by atoms with Crippen LogP contribution in [-0.4, -0.2) is 63.0 Å². The molecule has 4 heterocycles. The van der Waals surface area contributed by atoms with Gasteiger partial charge in [0.15, 0.2) is 0 Å². The van der Waals surface area contributed by atoms with Crippen LogP contribution in [-0.2, 0) is 11.3 Å². The number of imidazole rings is 1. The summed E-state index contributed by atoms with van der Waals surface area (Å²) in [6.45, 7) is 5.16. The molecule has 25 heavy (non-hydrogen) atoms. The second-order valence-electron chi connectivity index (χ2n) is 7.06. The molecular formula is C18H25N5OS. The third kappa shape index (κ3) is 3.93. The van der Waals surface area contributed by atoms with Crippen LogP contribution < -0.4 is 0 Å². The van der Waals surface area contributed by atoms with Gasteiger partial charge in [-0.15, -0.1) is 11.3 Å². The summed E-state index contributed by atoms with van der Waals surface area (Å²) in [6, 6.07) is 0. The van der Waals surface area contributed by atoms with Gasteiger partial charge in [0.2, 0.25) is 5.91 Å². The van der Waals surface area contributed by atoms with Gasteiger partial charge in [-0.25, -0.2) is 9.97 Å². The second-order valence-corrected chi connectivity index (χ2v) is 7.77. The van der Waals surface area contributed by atoms with Gasteiger partial charge in [0.1, 0.15) is 5.82 Å². The number of hydrogen-bond acceptors (Lipinski definition) is 5. The van der Waals surface area contributed by atoms with Crippen molar-refractivity contribution in [3.8, 4) is 0 Å². The molecule has 2 saturated heterocycles. The summed E-state index contributed by atoms with van der Waals surface area (Å²) in [7, 11) is 0. The number of carbonyl (C=O) groups excluding carboxylic acids is 1. The van der Waals surface area contributed by atoms with Crippen molar-refractivity contribution in [2.45, 2.75) is 38.1 Å². The number of nitrogens with zero attached hydrogens (tertiary/aromatic N) is 5. The molecule has 4 rings (SSSR count). The molecule has 0 bridgehead atoms. The lowest BCUT2D eigenvalue weighted by Gasteiger charge is -2.33. The van der Waals surface area contributed by atoms with Crippen LogP contribution in [0.3, 0.4) is 0 Å². The summed E-state index contributed by atoms with van der Waals surface area (Å²) in [5.74, 6) is 1.70. The first-order valence-electron chi connectivity index (χ1n) is 9.18. The molecule has 0 aromatic carbocycles. The molecule has 2 aromatic rings. The van der Waals surface area contributed by atoms with Crippen LogP contribution in [0.2, 0.25) is 0 Å². The molecule has 7 heteroatoms. The Hall–Kier alpha value is -1.73. The van der Waals surface area contributed by atoms with Crippen LogP contribution >= 0.6 is 11.3 Å². The van der Waals surface area contributed by atoms with Crippen molar-refractivity contribution in [1.29, 1.82) is 0 Å². The molecule has 0 spiro atoms. The third-order valence-corrected chi connectivity index (χ3v) is 5.90. The molecule has 0 radical (unpaired) electrons. The number of likely N-dealkylation sites (tertiary alicyclic amines) is 2. The molecule has 0 unspecified atom stereocenters. The number of amides is 1. The van der Waals surface area contributed by atoms with Gasteiger partial charge in [0.05, 0.1) is 24.3 Å². The van der Waals surface area contributed by atoms with E-state index in [1.54, 1.807) is 11.3 Å². The summed E-state index contributed by atoms with van der Waals surface area (Å²) >= 11 is 1.62. The zero-order valence-electron chi connectivity index (χ0n) is 14.5. The maximum absolute atomic E-state index is 12.7. The molecule has 0 aliphatic carbocycles. The van der Waals surface area contributed by atoms with E-state index in [2.05, 4.69) is 24.8 Å². The van der Waals surface area contributed by atoms with E-state index in [9.17, 15) is 4.79 Å². The van der Waals surface area contributed by atoms with E-state index in [0.29, 0.717) is 12.5 Å². The molecular weight excluding hydrogens is 334 g/mol. The lowest BCUT2D eigenvalue weighted by molar-refractivity contribution is -0.133. The Morgan fingerprint density at radius 3 is 2.88 bits per heavy atom. The van der Waals surface area contributed by atoms with Crippen LogP contribution in [0.15, 0.2) is 23.3 Å². The maximum Gasteiger partial charge on any atom is 0.236 e. The minimum Gasteiger partial charge on any atom is -0.341 e. The average molecular weight is 359 g/mol. The minimum atomic E-state index is 0.282. The highest BCUT2D eigenvalue weighted by atomic mass is 32.1. The first-order valence-corrected chi connectivity index (χ1v) is 10.1. The lowest BCUT2D eigenvalue weighted by Crippen LogP contribution is -2.44. The number of piperidine rings is 1. The Morgan fingerprint density at radius 1 is 1.20 bits per heavy atom. The van der Waals surface area contributed by atoms with Crippen molar-refractivity contribution < 1.29 is 4.79 Å². The zero-order valence-corrected chi connectivity index (χ0v) is 15.3. The minimum absolute atomic E-state index is 0.282. The van der Waals surface area contributed by atoms with Crippen molar-refractivity contribution in [3.63, 3.8) is 0 Å². The van der Waals surface area contributed by atoms with E-state index in [1.807, 2.05) is 22.8 Å². The fourth-order valence-corrected chi connectivity index (χ4v) is 4.50. The number of aromatic nitrogens is 3. The third-order valence-electron chi connectivity index (χ3n) is 5.26. The summed E-state index contributed by atoms with van der Waals surface area (Å²) in [5.41, 5.74) is 2.94. The van der Waals surface area contributed by atoms with E-state index in [0.717, 1.165) is 57.1 Å². The summed E-state index contributed by atoms with van der Waals surface area (Å²) in [4.78, 5) is 26.0.